The zero-order valence-corrected chi connectivity index (χ0v) is 18.5. The third-order valence-electron chi connectivity index (χ3n) is 4.52. The minimum absolute atomic E-state index is 0.000533. The van der Waals surface area contributed by atoms with E-state index in [0.29, 0.717) is 27.7 Å². The molecule has 7 nitrogen and oxygen atoms in total. The fourth-order valence-electron chi connectivity index (χ4n) is 3.09. The molecular weight excluding hydrogens is 428 g/mol. The monoisotopic (exact) mass is 450 g/mol. The highest BCUT2D eigenvalue weighted by molar-refractivity contribution is 6.31. The molecule has 0 radical (unpaired) electrons. The molecule has 0 unspecified atom stereocenters. The van der Waals surface area contributed by atoms with Crippen molar-refractivity contribution in [2.75, 3.05) is 30.8 Å². The molecule has 164 valence electrons. The van der Waals surface area contributed by atoms with E-state index in [0.717, 1.165) is 5.69 Å². The van der Waals surface area contributed by atoms with E-state index in [9.17, 15) is 14.4 Å². The number of anilines is 2. The van der Waals surface area contributed by atoms with Gasteiger partial charge in [-0.15, -0.1) is 0 Å². The van der Waals surface area contributed by atoms with Crippen LogP contribution in [-0.2, 0) is 9.59 Å². The van der Waals surface area contributed by atoms with Crippen molar-refractivity contribution in [3.05, 3.63) is 88.6 Å². The minimum atomic E-state index is -0.363. The summed E-state index contributed by atoms with van der Waals surface area (Å²) in [5, 5.41) is 5.84. The molecule has 3 rings (SSSR count). The molecule has 0 fully saturated rings. The fourth-order valence-corrected chi connectivity index (χ4v) is 3.26. The van der Waals surface area contributed by atoms with E-state index in [2.05, 4.69) is 15.6 Å². The van der Waals surface area contributed by atoms with E-state index in [4.69, 9.17) is 11.6 Å². The van der Waals surface area contributed by atoms with Crippen molar-refractivity contribution in [2.45, 2.75) is 6.92 Å². The Kier molecular flexibility index (Phi) is 7.70. The van der Waals surface area contributed by atoms with Crippen LogP contribution < -0.4 is 10.6 Å². The predicted molar refractivity (Wildman–Crippen MR) is 125 cm³/mol. The fraction of sp³-hybridized carbons (Fsp3) is 0.167. The number of halogens is 1. The van der Waals surface area contributed by atoms with Gasteiger partial charge < -0.3 is 10.6 Å². The first kappa shape index (κ1) is 23.1. The minimum Gasteiger partial charge on any atom is -0.324 e. The molecule has 0 saturated carbocycles. The van der Waals surface area contributed by atoms with Gasteiger partial charge in [-0.25, -0.2) is 4.98 Å². The van der Waals surface area contributed by atoms with Crippen LogP contribution in [0, 0.1) is 6.92 Å². The lowest BCUT2D eigenvalue weighted by Crippen LogP contribution is -2.36. The number of nitrogens with zero attached hydrogens (tertiary/aromatic N) is 2. The molecule has 1 aromatic heterocycles. The van der Waals surface area contributed by atoms with Crippen molar-refractivity contribution in [3.63, 3.8) is 0 Å². The summed E-state index contributed by atoms with van der Waals surface area (Å²) < 4.78 is 0. The van der Waals surface area contributed by atoms with E-state index in [-0.39, 0.29) is 30.7 Å². The molecule has 0 spiro atoms. The summed E-state index contributed by atoms with van der Waals surface area (Å²) in [4.78, 5) is 43.5. The van der Waals surface area contributed by atoms with Crippen molar-refractivity contribution >= 4 is 40.7 Å². The second-order valence-electron chi connectivity index (χ2n) is 7.32. The first-order valence-electron chi connectivity index (χ1n) is 9.93. The van der Waals surface area contributed by atoms with Gasteiger partial charge in [-0.05, 0) is 44.3 Å². The summed E-state index contributed by atoms with van der Waals surface area (Å²) in [7, 11) is 1.65. The second kappa shape index (κ2) is 10.7. The molecule has 0 atom stereocenters. The van der Waals surface area contributed by atoms with E-state index in [1.807, 2.05) is 19.1 Å². The van der Waals surface area contributed by atoms with Gasteiger partial charge in [0.05, 0.1) is 18.8 Å². The smallest absolute Gasteiger partial charge is 0.239 e. The Balaban J connectivity index is 1.62. The molecule has 2 N–H and O–H groups in total. The Morgan fingerprint density at radius 3 is 2.28 bits per heavy atom. The lowest BCUT2D eigenvalue weighted by molar-refractivity contribution is -0.119. The number of aryl methyl sites for hydroxylation is 1. The highest BCUT2D eigenvalue weighted by Crippen LogP contribution is 2.23. The van der Waals surface area contributed by atoms with Crippen LogP contribution in [0.5, 0.6) is 0 Å². The number of hydrogen-bond donors (Lipinski definition) is 2. The van der Waals surface area contributed by atoms with Crippen LogP contribution in [0.3, 0.4) is 0 Å². The molecule has 0 bridgehead atoms. The molecule has 3 aromatic rings. The van der Waals surface area contributed by atoms with E-state index in [1.54, 1.807) is 60.5 Å². The van der Waals surface area contributed by atoms with Gasteiger partial charge in [0.1, 0.15) is 5.82 Å². The number of likely N-dealkylation sites (N-methyl/N-ethyl adjacent to an activating group) is 1. The van der Waals surface area contributed by atoms with E-state index in [1.165, 1.54) is 6.07 Å². The Morgan fingerprint density at radius 2 is 1.59 bits per heavy atom. The molecule has 32 heavy (non-hydrogen) atoms. The Hall–Kier alpha value is -3.55. The van der Waals surface area contributed by atoms with Crippen LogP contribution in [0.25, 0.3) is 0 Å². The normalized spacial score (nSPS) is 10.6. The Labute approximate surface area is 191 Å². The van der Waals surface area contributed by atoms with Crippen molar-refractivity contribution in [1.29, 1.82) is 0 Å². The van der Waals surface area contributed by atoms with Gasteiger partial charge in [-0.2, -0.15) is 0 Å². The summed E-state index contributed by atoms with van der Waals surface area (Å²) >= 11 is 6.08. The lowest BCUT2D eigenvalue weighted by atomic mass is 10.0. The largest absolute Gasteiger partial charge is 0.324 e. The molecule has 0 aliphatic carbocycles. The molecular formula is C24H23ClN4O3. The highest BCUT2D eigenvalue weighted by Gasteiger charge is 2.17. The van der Waals surface area contributed by atoms with Crippen molar-refractivity contribution < 1.29 is 14.4 Å². The molecule has 0 aliphatic heterocycles. The molecule has 2 aromatic carbocycles. The lowest BCUT2D eigenvalue weighted by Gasteiger charge is -2.17. The van der Waals surface area contributed by atoms with Gasteiger partial charge in [0.15, 0.2) is 5.78 Å². The molecule has 0 saturated heterocycles. The zero-order valence-electron chi connectivity index (χ0n) is 17.8. The zero-order chi connectivity index (χ0) is 23.1. The van der Waals surface area contributed by atoms with Crippen molar-refractivity contribution in [1.82, 2.24) is 9.88 Å². The number of aromatic nitrogens is 1. The maximum absolute atomic E-state index is 12.9. The maximum Gasteiger partial charge on any atom is 0.239 e. The number of nitrogens with one attached hydrogen (secondary N) is 2. The van der Waals surface area contributed by atoms with Crippen molar-refractivity contribution in [2.24, 2.45) is 0 Å². The van der Waals surface area contributed by atoms with Crippen LogP contribution in [0.4, 0.5) is 11.5 Å². The number of pyridine rings is 1. The van der Waals surface area contributed by atoms with Crippen LogP contribution in [0.15, 0.2) is 66.7 Å². The number of ketones is 1. The van der Waals surface area contributed by atoms with Crippen molar-refractivity contribution in [3.8, 4) is 0 Å². The van der Waals surface area contributed by atoms with Gasteiger partial charge >= 0.3 is 0 Å². The summed E-state index contributed by atoms with van der Waals surface area (Å²) in [5.41, 5.74) is 1.93. The summed E-state index contributed by atoms with van der Waals surface area (Å²) in [6, 6.07) is 18.8. The number of benzene rings is 2. The molecule has 2 amide bonds. The van der Waals surface area contributed by atoms with Crippen LogP contribution in [0.1, 0.15) is 21.6 Å². The Bertz CT molecular complexity index is 1140. The summed E-state index contributed by atoms with van der Waals surface area (Å²) in [6.07, 6.45) is 0. The topological polar surface area (TPSA) is 91.4 Å². The predicted octanol–water partition coefficient (Wildman–Crippen LogP) is 3.78. The highest BCUT2D eigenvalue weighted by atomic mass is 35.5. The summed E-state index contributed by atoms with van der Waals surface area (Å²) in [6.45, 7) is 1.79. The van der Waals surface area contributed by atoms with E-state index < -0.39 is 0 Å². The quantitative estimate of drug-likeness (QED) is 0.509. The van der Waals surface area contributed by atoms with E-state index >= 15 is 0 Å². The third-order valence-corrected chi connectivity index (χ3v) is 4.75. The third kappa shape index (κ3) is 6.47. The molecule has 1 heterocycles. The number of carbonyl (C=O) groups excluding carboxylic acids is 3. The van der Waals surface area contributed by atoms with Gasteiger partial charge in [0.25, 0.3) is 0 Å². The molecule has 8 heteroatoms. The number of amides is 2. The Morgan fingerprint density at radius 1 is 0.906 bits per heavy atom. The van der Waals surface area contributed by atoms with Crippen LogP contribution in [-0.4, -0.2) is 47.6 Å². The number of rotatable bonds is 8. The second-order valence-corrected chi connectivity index (χ2v) is 7.75. The first-order chi connectivity index (χ1) is 15.3. The summed E-state index contributed by atoms with van der Waals surface area (Å²) in [5.74, 6) is -0.442. The maximum atomic E-state index is 12.9. The van der Waals surface area contributed by atoms with Gasteiger partial charge in [-0.3, -0.25) is 19.3 Å². The standard InChI is InChI=1S/C24H23ClN4O3/c1-16-7-6-10-21(26-16)28-23(31)15-29(2)14-22(30)27-20-12-11-18(25)13-19(20)24(32)17-8-4-3-5-9-17/h3-13H,14-15H2,1-2H3,(H,27,30)(H,26,28,31). The first-order valence-corrected chi connectivity index (χ1v) is 10.3. The van der Waals surface area contributed by atoms with Gasteiger partial charge in [0, 0.05) is 21.8 Å². The average molecular weight is 451 g/mol. The average Bonchev–Trinajstić information content (AvgIpc) is 2.74. The van der Waals surface area contributed by atoms with Gasteiger partial charge in [-0.1, -0.05) is 48.0 Å². The number of carbonyl (C=O) groups is 3. The SMILES string of the molecule is Cc1cccc(NC(=O)CN(C)CC(=O)Nc2ccc(Cl)cc2C(=O)c2ccccc2)n1. The number of hydrogen-bond acceptors (Lipinski definition) is 5. The van der Waals surface area contributed by atoms with Gasteiger partial charge in [0.2, 0.25) is 11.8 Å². The molecule has 0 aliphatic rings. The van der Waals surface area contributed by atoms with Crippen LogP contribution in [0.2, 0.25) is 5.02 Å². The van der Waals surface area contributed by atoms with Crippen LogP contribution >= 0.6 is 11.6 Å².